The van der Waals surface area contributed by atoms with Gasteiger partial charge < -0.3 is 0 Å². The molecule has 0 radical (unpaired) electrons. The molecular formula is C16H9F3N6OS2. The molecule has 7 nitrogen and oxygen atoms in total. The molecule has 0 saturated carbocycles. The van der Waals surface area contributed by atoms with Crippen molar-refractivity contribution in [2.45, 2.75) is 6.18 Å². The van der Waals surface area contributed by atoms with E-state index in [1.165, 1.54) is 16.0 Å². The molecule has 0 amide bonds. The van der Waals surface area contributed by atoms with Crippen molar-refractivity contribution >= 4 is 34.4 Å². The topological polar surface area (TPSA) is 88.8 Å². The number of hydrogen-bond acceptors (Lipinski definition) is 7. The second-order valence-corrected chi connectivity index (χ2v) is 7.24. The predicted octanol–water partition coefficient (Wildman–Crippen LogP) is 3.60. The lowest BCUT2D eigenvalue weighted by Gasteiger charge is -1.99. The smallest absolute Gasteiger partial charge is 0.285 e. The Morgan fingerprint density at radius 2 is 1.93 bits per heavy atom. The molecular weight excluding hydrogens is 413 g/mol. The van der Waals surface area contributed by atoms with E-state index in [0.29, 0.717) is 10.6 Å². The molecule has 0 aliphatic rings. The van der Waals surface area contributed by atoms with Gasteiger partial charge in [-0.05, 0) is 23.6 Å². The average molecular weight is 422 g/mol. The Balaban J connectivity index is 1.83. The van der Waals surface area contributed by atoms with Crippen LogP contribution in [0.3, 0.4) is 0 Å². The highest BCUT2D eigenvalue weighted by Gasteiger charge is 2.35. The maximum Gasteiger partial charge on any atom is 0.451 e. The maximum atomic E-state index is 12.7. The lowest BCUT2D eigenvalue weighted by Crippen LogP contribution is -2.14. The number of carbonyl (C=O) groups is 1. The number of para-hydroxylation sites is 1. The summed E-state index contributed by atoms with van der Waals surface area (Å²) < 4.78 is 39.5. The third-order valence-corrected chi connectivity index (χ3v) is 5.21. The zero-order valence-electron chi connectivity index (χ0n) is 13.7. The molecule has 0 spiro atoms. The highest BCUT2D eigenvalue weighted by Crippen LogP contribution is 2.26. The molecule has 3 heterocycles. The molecule has 0 saturated heterocycles. The van der Waals surface area contributed by atoms with Gasteiger partial charge in [-0.3, -0.25) is 9.89 Å². The van der Waals surface area contributed by atoms with Crippen LogP contribution in [0.1, 0.15) is 20.5 Å². The standard InChI is InChI=1S/C16H9F3N6OS2/c17-16(18,19)13-20-14(23-22-13)21-15-25(9-5-2-1-3-6-9)24-12(28-15)11(26)10-7-4-8-27-10/h1-8H,(H,20,22,23)/b21-15-. The van der Waals surface area contributed by atoms with Gasteiger partial charge in [0.1, 0.15) is 0 Å². The van der Waals surface area contributed by atoms with E-state index in [1.54, 1.807) is 52.9 Å². The van der Waals surface area contributed by atoms with E-state index in [1.807, 2.05) is 0 Å². The molecule has 1 N–H and O–H groups in total. The lowest BCUT2D eigenvalue weighted by atomic mass is 10.3. The summed E-state index contributed by atoms with van der Waals surface area (Å²) in [5.74, 6) is -1.95. The van der Waals surface area contributed by atoms with Crippen molar-refractivity contribution in [3.63, 3.8) is 0 Å². The van der Waals surface area contributed by atoms with Crippen LogP contribution in [0.5, 0.6) is 0 Å². The molecule has 0 atom stereocenters. The number of hydrogen-bond donors (Lipinski definition) is 1. The van der Waals surface area contributed by atoms with Gasteiger partial charge in [-0.25, -0.2) is 4.68 Å². The monoisotopic (exact) mass is 422 g/mol. The molecule has 4 rings (SSSR count). The number of aromatic nitrogens is 5. The molecule has 4 aromatic rings. The number of H-pyrrole nitrogens is 1. The van der Waals surface area contributed by atoms with E-state index in [0.717, 1.165) is 11.3 Å². The minimum Gasteiger partial charge on any atom is -0.285 e. The summed E-state index contributed by atoms with van der Waals surface area (Å²) in [7, 11) is 0. The van der Waals surface area contributed by atoms with Gasteiger partial charge in [-0.2, -0.15) is 28.2 Å². The van der Waals surface area contributed by atoms with Crippen LogP contribution in [0.15, 0.2) is 52.8 Å². The van der Waals surface area contributed by atoms with Crippen molar-refractivity contribution in [1.29, 1.82) is 0 Å². The number of halogens is 3. The highest BCUT2D eigenvalue weighted by atomic mass is 32.1. The van der Waals surface area contributed by atoms with Crippen LogP contribution in [0.4, 0.5) is 19.1 Å². The Hall–Kier alpha value is -3.12. The number of benzene rings is 1. The number of thiophene rings is 1. The minimum atomic E-state index is -4.66. The third-order valence-electron chi connectivity index (χ3n) is 3.44. The van der Waals surface area contributed by atoms with Crippen LogP contribution in [0, 0.1) is 0 Å². The Labute approximate surface area is 162 Å². The highest BCUT2D eigenvalue weighted by molar-refractivity contribution is 7.15. The number of rotatable bonds is 4. The van der Waals surface area contributed by atoms with Crippen LogP contribution in [0.2, 0.25) is 0 Å². The predicted molar refractivity (Wildman–Crippen MR) is 95.8 cm³/mol. The summed E-state index contributed by atoms with van der Waals surface area (Å²) in [6.45, 7) is 0. The lowest BCUT2D eigenvalue weighted by molar-refractivity contribution is -0.144. The van der Waals surface area contributed by atoms with E-state index < -0.39 is 17.9 Å². The molecule has 0 fully saturated rings. The first-order chi connectivity index (χ1) is 13.4. The third kappa shape index (κ3) is 3.64. The zero-order valence-corrected chi connectivity index (χ0v) is 15.3. The van der Waals surface area contributed by atoms with Crippen LogP contribution in [-0.2, 0) is 6.18 Å². The Bertz CT molecular complexity index is 1180. The van der Waals surface area contributed by atoms with Crippen molar-refractivity contribution < 1.29 is 18.0 Å². The van der Waals surface area contributed by atoms with Gasteiger partial charge in [0.05, 0.1) is 10.6 Å². The minimum absolute atomic E-state index is 0.150. The van der Waals surface area contributed by atoms with Gasteiger partial charge in [0.25, 0.3) is 5.95 Å². The summed E-state index contributed by atoms with van der Waals surface area (Å²) in [4.78, 5) is 20.7. The van der Waals surface area contributed by atoms with Crippen LogP contribution >= 0.6 is 22.7 Å². The van der Waals surface area contributed by atoms with E-state index >= 15 is 0 Å². The summed E-state index contributed by atoms with van der Waals surface area (Å²) in [6.07, 6.45) is -4.66. The van der Waals surface area contributed by atoms with Gasteiger partial charge >= 0.3 is 6.18 Å². The van der Waals surface area contributed by atoms with Crippen LogP contribution < -0.4 is 4.80 Å². The molecule has 0 aliphatic carbocycles. The Morgan fingerprint density at radius 3 is 2.57 bits per heavy atom. The van der Waals surface area contributed by atoms with Crippen LogP contribution in [0.25, 0.3) is 5.69 Å². The van der Waals surface area contributed by atoms with Gasteiger partial charge in [0.15, 0.2) is 5.01 Å². The number of carbonyl (C=O) groups excluding carboxylic acids is 1. The Kier molecular flexibility index (Phi) is 4.65. The van der Waals surface area contributed by atoms with E-state index in [9.17, 15) is 18.0 Å². The fraction of sp³-hybridized carbons (Fsp3) is 0.0625. The quantitative estimate of drug-likeness (QED) is 0.509. The summed E-state index contributed by atoms with van der Waals surface area (Å²) >= 11 is 2.21. The molecule has 0 aliphatic heterocycles. The average Bonchev–Trinajstić information content (AvgIpc) is 3.42. The summed E-state index contributed by atoms with van der Waals surface area (Å²) in [5, 5.41) is 11.5. The van der Waals surface area contributed by atoms with E-state index in [2.05, 4.69) is 20.2 Å². The molecule has 0 bridgehead atoms. The summed E-state index contributed by atoms with van der Waals surface area (Å²) in [6, 6.07) is 12.2. The van der Waals surface area contributed by atoms with Crippen molar-refractivity contribution in [1.82, 2.24) is 25.0 Å². The fourth-order valence-corrected chi connectivity index (χ4v) is 3.80. The largest absolute Gasteiger partial charge is 0.451 e. The van der Waals surface area contributed by atoms with Crippen molar-refractivity contribution in [2.24, 2.45) is 4.99 Å². The number of nitrogens with zero attached hydrogens (tertiary/aromatic N) is 5. The number of ketones is 1. The van der Waals surface area contributed by atoms with Gasteiger partial charge in [-0.1, -0.05) is 35.6 Å². The van der Waals surface area contributed by atoms with Crippen molar-refractivity contribution in [2.75, 3.05) is 0 Å². The fourth-order valence-electron chi connectivity index (χ4n) is 2.21. The Morgan fingerprint density at radius 1 is 1.14 bits per heavy atom. The SMILES string of the molecule is O=C(c1cccs1)c1nn(-c2ccccc2)/c(=N/c2n[nH]c(C(F)(F)F)n2)s1. The normalized spacial score (nSPS) is 12.5. The first-order valence-electron chi connectivity index (χ1n) is 7.70. The van der Waals surface area contributed by atoms with E-state index in [4.69, 9.17) is 0 Å². The number of nitrogens with one attached hydrogen (secondary N) is 1. The first-order valence-corrected chi connectivity index (χ1v) is 9.39. The number of aromatic amines is 1. The van der Waals surface area contributed by atoms with Crippen LogP contribution in [-0.4, -0.2) is 30.7 Å². The zero-order chi connectivity index (χ0) is 19.7. The molecule has 142 valence electrons. The molecule has 0 unspecified atom stereocenters. The van der Waals surface area contributed by atoms with Gasteiger partial charge in [0.2, 0.25) is 16.4 Å². The molecule has 1 aromatic carbocycles. The molecule has 28 heavy (non-hydrogen) atoms. The van der Waals surface area contributed by atoms with Gasteiger partial charge in [0, 0.05) is 0 Å². The molecule has 3 aromatic heterocycles. The second kappa shape index (κ2) is 7.13. The maximum absolute atomic E-state index is 12.7. The summed E-state index contributed by atoms with van der Waals surface area (Å²) in [5.41, 5.74) is 0.592. The van der Waals surface area contributed by atoms with E-state index in [-0.39, 0.29) is 15.6 Å². The second-order valence-electron chi connectivity index (χ2n) is 5.34. The first kappa shape index (κ1) is 18.3. The van der Waals surface area contributed by atoms with Crippen molar-refractivity contribution in [3.05, 3.63) is 68.4 Å². The van der Waals surface area contributed by atoms with Gasteiger partial charge in [-0.15, -0.1) is 16.4 Å². The van der Waals surface area contributed by atoms with Crippen molar-refractivity contribution in [3.8, 4) is 5.69 Å². The number of alkyl halides is 3. The molecule has 12 heteroatoms.